The maximum atomic E-state index is 5.86. The zero-order chi connectivity index (χ0) is 12.6. The average molecular weight is 367 g/mol. The van der Waals surface area contributed by atoms with Gasteiger partial charge in [-0.05, 0) is 24.7 Å². The molecule has 0 heterocycles. The fourth-order valence-electron chi connectivity index (χ4n) is 2.49. The summed E-state index contributed by atoms with van der Waals surface area (Å²) in [5.74, 6) is 0.634. The Balaban J connectivity index is 0.00000289. The molecule has 0 aromatic rings. The van der Waals surface area contributed by atoms with E-state index in [4.69, 9.17) is 5.73 Å². The van der Waals surface area contributed by atoms with Crippen molar-refractivity contribution in [3.8, 4) is 0 Å². The first-order valence-corrected chi connectivity index (χ1v) is 7.20. The van der Waals surface area contributed by atoms with Gasteiger partial charge in [0.05, 0.1) is 0 Å². The lowest BCUT2D eigenvalue weighted by Crippen LogP contribution is -2.33. The topological polar surface area (TPSA) is 50.4 Å². The molecule has 0 bridgehead atoms. The third-order valence-electron chi connectivity index (χ3n) is 3.78. The van der Waals surface area contributed by atoms with Crippen molar-refractivity contribution in [1.82, 2.24) is 5.32 Å². The fourth-order valence-corrected chi connectivity index (χ4v) is 2.49. The minimum atomic E-state index is 0. The Morgan fingerprint density at radius 1 is 1.22 bits per heavy atom. The van der Waals surface area contributed by atoms with Gasteiger partial charge in [0.15, 0.2) is 5.96 Å². The third kappa shape index (κ3) is 7.44. The van der Waals surface area contributed by atoms with E-state index in [0.29, 0.717) is 11.4 Å². The molecule has 0 spiro atoms. The zero-order valence-corrected chi connectivity index (χ0v) is 14.3. The molecule has 0 unspecified atom stereocenters. The summed E-state index contributed by atoms with van der Waals surface area (Å²) in [4.78, 5) is 4.48. The summed E-state index contributed by atoms with van der Waals surface area (Å²) in [7, 11) is 0. The SMILES string of the molecule is CCCCCCNC(N)=NCC1(C)CCCC1.I. The molecule has 18 heavy (non-hydrogen) atoms. The van der Waals surface area contributed by atoms with E-state index in [1.54, 1.807) is 0 Å². The highest BCUT2D eigenvalue weighted by atomic mass is 127. The molecule has 1 saturated carbocycles. The van der Waals surface area contributed by atoms with Crippen LogP contribution < -0.4 is 11.1 Å². The second-order valence-electron chi connectivity index (χ2n) is 5.71. The normalized spacial score (nSPS) is 18.4. The van der Waals surface area contributed by atoms with Crippen molar-refractivity contribution in [3.63, 3.8) is 0 Å². The molecule has 0 atom stereocenters. The van der Waals surface area contributed by atoms with E-state index in [9.17, 15) is 0 Å². The van der Waals surface area contributed by atoms with Gasteiger partial charge in [0.25, 0.3) is 0 Å². The van der Waals surface area contributed by atoms with Gasteiger partial charge in [-0.2, -0.15) is 0 Å². The average Bonchev–Trinajstić information content (AvgIpc) is 2.74. The van der Waals surface area contributed by atoms with E-state index in [1.807, 2.05) is 0 Å². The highest BCUT2D eigenvalue weighted by molar-refractivity contribution is 14.0. The van der Waals surface area contributed by atoms with Gasteiger partial charge < -0.3 is 11.1 Å². The molecule has 3 nitrogen and oxygen atoms in total. The Bertz CT molecular complexity index is 235. The van der Waals surface area contributed by atoms with Gasteiger partial charge in [-0.25, -0.2) is 0 Å². The largest absolute Gasteiger partial charge is 0.370 e. The molecule has 0 saturated heterocycles. The van der Waals surface area contributed by atoms with Crippen LogP contribution in [0.5, 0.6) is 0 Å². The van der Waals surface area contributed by atoms with Gasteiger partial charge in [0.2, 0.25) is 0 Å². The molecule has 1 aliphatic rings. The summed E-state index contributed by atoms with van der Waals surface area (Å²) < 4.78 is 0. The van der Waals surface area contributed by atoms with Gasteiger partial charge in [0, 0.05) is 13.1 Å². The van der Waals surface area contributed by atoms with E-state index in [2.05, 4.69) is 24.2 Å². The summed E-state index contributed by atoms with van der Waals surface area (Å²) in [5, 5.41) is 3.21. The minimum Gasteiger partial charge on any atom is -0.370 e. The first kappa shape index (κ1) is 18.0. The molecular formula is C14H30IN3. The molecule has 1 fully saturated rings. The van der Waals surface area contributed by atoms with Gasteiger partial charge in [0.1, 0.15) is 0 Å². The van der Waals surface area contributed by atoms with Crippen molar-refractivity contribution in [2.24, 2.45) is 16.1 Å². The van der Waals surface area contributed by atoms with Crippen molar-refractivity contribution in [3.05, 3.63) is 0 Å². The number of unbranched alkanes of at least 4 members (excludes halogenated alkanes) is 3. The van der Waals surface area contributed by atoms with Crippen LogP contribution in [0.2, 0.25) is 0 Å². The second-order valence-corrected chi connectivity index (χ2v) is 5.71. The van der Waals surface area contributed by atoms with Crippen molar-refractivity contribution in [2.75, 3.05) is 13.1 Å². The minimum absolute atomic E-state index is 0. The predicted octanol–water partition coefficient (Wildman–Crippen LogP) is 3.67. The molecule has 4 heteroatoms. The van der Waals surface area contributed by atoms with E-state index in [-0.39, 0.29) is 24.0 Å². The zero-order valence-electron chi connectivity index (χ0n) is 12.0. The number of guanidine groups is 1. The van der Waals surface area contributed by atoms with Crippen LogP contribution in [0.3, 0.4) is 0 Å². The Labute approximate surface area is 129 Å². The Hall–Kier alpha value is 0. The smallest absolute Gasteiger partial charge is 0.188 e. The standard InChI is InChI=1S/C14H29N3.HI/c1-3-4-5-8-11-16-13(15)17-12-14(2)9-6-7-10-14;/h3-12H2,1-2H3,(H3,15,16,17);1H. The lowest BCUT2D eigenvalue weighted by atomic mass is 9.89. The van der Waals surface area contributed by atoms with E-state index in [0.717, 1.165) is 13.1 Å². The predicted molar refractivity (Wildman–Crippen MR) is 90.6 cm³/mol. The number of nitrogens with two attached hydrogens (primary N) is 1. The van der Waals surface area contributed by atoms with Crippen LogP contribution in [0, 0.1) is 5.41 Å². The summed E-state index contributed by atoms with van der Waals surface area (Å²) in [6, 6.07) is 0. The maximum Gasteiger partial charge on any atom is 0.188 e. The number of hydrogen-bond donors (Lipinski definition) is 2. The van der Waals surface area contributed by atoms with Crippen LogP contribution in [0.25, 0.3) is 0 Å². The van der Waals surface area contributed by atoms with Gasteiger partial charge in [-0.1, -0.05) is 46.0 Å². The van der Waals surface area contributed by atoms with Gasteiger partial charge in [-0.15, -0.1) is 24.0 Å². The van der Waals surface area contributed by atoms with Gasteiger partial charge >= 0.3 is 0 Å². The quantitative estimate of drug-likeness (QED) is 0.312. The van der Waals surface area contributed by atoms with E-state index >= 15 is 0 Å². The van der Waals surface area contributed by atoms with Crippen LogP contribution >= 0.6 is 24.0 Å². The summed E-state index contributed by atoms with van der Waals surface area (Å²) in [6.07, 6.45) is 10.4. The van der Waals surface area contributed by atoms with Crippen LogP contribution in [-0.2, 0) is 0 Å². The Kier molecular flexibility index (Phi) is 9.87. The van der Waals surface area contributed by atoms with Crippen LogP contribution in [0.15, 0.2) is 4.99 Å². The highest BCUT2D eigenvalue weighted by Crippen LogP contribution is 2.37. The van der Waals surface area contributed by atoms with Crippen molar-refractivity contribution in [1.29, 1.82) is 0 Å². The maximum absolute atomic E-state index is 5.86. The van der Waals surface area contributed by atoms with Gasteiger partial charge in [-0.3, -0.25) is 4.99 Å². The van der Waals surface area contributed by atoms with Crippen LogP contribution in [-0.4, -0.2) is 19.0 Å². The summed E-state index contributed by atoms with van der Waals surface area (Å²) in [6.45, 7) is 6.41. The molecule has 0 aromatic heterocycles. The van der Waals surface area contributed by atoms with Crippen molar-refractivity contribution in [2.45, 2.75) is 65.2 Å². The number of halogens is 1. The summed E-state index contributed by atoms with van der Waals surface area (Å²) in [5.41, 5.74) is 6.28. The first-order chi connectivity index (χ1) is 8.16. The monoisotopic (exact) mass is 367 g/mol. The van der Waals surface area contributed by atoms with Crippen LogP contribution in [0.1, 0.15) is 65.2 Å². The Morgan fingerprint density at radius 3 is 2.50 bits per heavy atom. The van der Waals surface area contributed by atoms with E-state index < -0.39 is 0 Å². The molecular weight excluding hydrogens is 337 g/mol. The number of aliphatic imine (C=N–C) groups is 1. The number of hydrogen-bond acceptors (Lipinski definition) is 1. The lowest BCUT2D eigenvalue weighted by molar-refractivity contribution is 0.351. The molecule has 108 valence electrons. The molecule has 0 aromatic carbocycles. The Morgan fingerprint density at radius 2 is 1.89 bits per heavy atom. The highest BCUT2D eigenvalue weighted by Gasteiger charge is 2.28. The first-order valence-electron chi connectivity index (χ1n) is 7.20. The number of nitrogens with zero attached hydrogens (tertiary/aromatic N) is 1. The molecule has 3 N–H and O–H groups in total. The van der Waals surface area contributed by atoms with Crippen molar-refractivity contribution >= 4 is 29.9 Å². The molecule has 0 amide bonds. The molecule has 1 rings (SSSR count). The molecule has 0 radical (unpaired) electrons. The van der Waals surface area contributed by atoms with E-state index in [1.165, 1.54) is 51.4 Å². The second kappa shape index (κ2) is 9.87. The van der Waals surface area contributed by atoms with Crippen LogP contribution in [0.4, 0.5) is 0 Å². The number of rotatable bonds is 7. The summed E-state index contributed by atoms with van der Waals surface area (Å²) >= 11 is 0. The lowest BCUT2D eigenvalue weighted by Gasteiger charge is -2.20. The molecule has 0 aliphatic heterocycles. The fraction of sp³-hybridized carbons (Fsp3) is 0.929. The number of nitrogens with one attached hydrogen (secondary N) is 1. The van der Waals surface area contributed by atoms with Crippen molar-refractivity contribution < 1.29 is 0 Å². The third-order valence-corrected chi connectivity index (χ3v) is 3.78. The molecule has 1 aliphatic carbocycles.